The average Bonchev–Trinajstić information content (AvgIpc) is 3.13. The number of nitrogens with zero attached hydrogens (tertiary/aromatic N) is 2. The molecule has 4 rings (SSSR count). The number of amides is 2. The second-order valence-electron chi connectivity index (χ2n) is 6.20. The lowest BCUT2D eigenvalue weighted by molar-refractivity contribution is 0.197. The highest BCUT2D eigenvalue weighted by Crippen LogP contribution is 2.29. The zero-order valence-electron chi connectivity index (χ0n) is 14.7. The molecule has 0 unspecified atom stereocenters. The van der Waals surface area contributed by atoms with Crippen LogP contribution in [0.25, 0.3) is 0 Å². The lowest BCUT2D eigenvalue weighted by atomic mass is 10.2. The molecule has 1 aliphatic heterocycles. The predicted molar refractivity (Wildman–Crippen MR) is 119 cm³/mol. The van der Waals surface area contributed by atoms with Crippen LogP contribution >= 0.6 is 24.0 Å². The van der Waals surface area contributed by atoms with Crippen molar-refractivity contribution in [3.8, 4) is 0 Å². The van der Waals surface area contributed by atoms with Crippen LogP contribution in [-0.4, -0.2) is 10.9 Å². The summed E-state index contributed by atoms with van der Waals surface area (Å²) in [6.07, 6.45) is 0. The number of hydrogen-bond donors (Lipinski definition) is 2. The van der Waals surface area contributed by atoms with Crippen LogP contribution in [0.5, 0.6) is 0 Å². The summed E-state index contributed by atoms with van der Waals surface area (Å²) in [6, 6.07) is 27.7. The molecule has 0 spiro atoms. The Bertz CT molecular complexity index is 847. The van der Waals surface area contributed by atoms with Gasteiger partial charge in [-0.1, -0.05) is 72.8 Å². The largest absolute Gasteiger partial charge is 0.341 e. The first-order chi connectivity index (χ1) is 12.8. The molecule has 0 saturated carbocycles. The summed E-state index contributed by atoms with van der Waals surface area (Å²) in [6.45, 7) is 1.07. The first kappa shape index (κ1) is 19.2. The molecule has 3 aromatic rings. The van der Waals surface area contributed by atoms with Crippen molar-refractivity contribution in [3.63, 3.8) is 0 Å². The van der Waals surface area contributed by atoms with Crippen LogP contribution in [0.3, 0.4) is 0 Å². The number of fused-ring (bicyclic) bond motifs is 1. The van der Waals surface area contributed by atoms with Crippen LogP contribution < -0.4 is 16.0 Å². The van der Waals surface area contributed by atoms with Gasteiger partial charge >= 0.3 is 6.03 Å². The van der Waals surface area contributed by atoms with Gasteiger partial charge in [0, 0.05) is 13.1 Å². The SMILES string of the molecule is I.O=C(N(Cc1ccccc1)Cc1ccccc1)N1NNc2ccccc21. The molecule has 2 amide bonds. The highest BCUT2D eigenvalue weighted by Gasteiger charge is 2.28. The summed E-state index contributed by atoms with van der Waals surface area (Å²) in [5.74, 6) is 0. The minimum atomic E-state index is -0.102. The first-order valence-corrected chi connectivity index (χ1v) is 8.59. The van der Waals surface area contributed by atoms with E-state index in [-0.39, 0.29) is 30.0 Å². The van der Waals surface area contributed by atoms with Crippen LogP contribution in [0.4, 0.5) is 16.2 Å². The van der Waals surface area contributed by atoms with E-state index in [1.807, 2.05) is 89.8 Å². The van der Waals surface area contributed by atoms with E-state index in [0.29, 0.717) is 13.1 Å². The maximum absolute atomic E-state index is 13.3. The summed E-state index contributed by atoms with van der Waals surface area (Å²) in [7, 11) is 0. The number of para-hydroxylation sites is 2. The first-order valence-electron chi connectivity index (χ1n) is 8.59. The predicted octanol–water partition coefficient (Wildman–Crippen LogP) is 4.78. The molecule has 3 aromatic carbocycles. The van der Waals surface area contributed by atoms with Crippen molar-refractivity contribution in [3.05, 3.63) is 96.1 Å². The van der Waals surface area contributed by atoms with Crippen LogP contribution in [0.2, 0.25) is 0 Å². The Hall–Kier alpha value is -2.58. The maximum Gasteiger partial charge on any atom is 0.341 e. The lowest BCUT2D eigenvalue weighted by Crippen LogP contribution is -2.48. The molecule has 0 fully saturated rings. The Balaban J connectivity index is 0.00000210. The van der Waals surface area contributed by atoms with Gasteiger partial charge in [-0.2, -0.15) is 0 Å². The zero-order chi connectivity index (χ0) is 17.8. The van der Waals surface area contributed by atoms with E-state index in [1.54, 1.807) is 5.01 Å². The van der Waals surface area contributed by atoms with E-state index in [2.05, 4.69) is 11.0 Å². The summed E-state index contributed by atoms with van der Waals surface area (Å²) in [4.78, 5) is 15.1. The summed E-state index contributed by atoms with van der Waals surface area (Å²) < 4.78 is 0. The van der Waals surface area contributed by atoms with Gasteiger partial charge in [0.05, 0.1) is 11.4 Å². The second kappa shape index (κ2) is 8.88. The van der Waals surface area contributed by atoms with Crippen LogP contribution in [0, 0.1) is 0 Å². The number of urea groups is 1. The molecule has 1 heterocycles. The molecule has 0 radical (unpaired) electrons. The standard InChI is InChI=1S/C21H20N4O.HI/c26-21(25-20-14-8-7-13-19(20)22-23-25)24(15-17-9-3-1-4-10-17)16-18-11-5-2-6-12-18;/h1-14,22-23H,15-16H2;1H. The van der Waals surface area contributed by atoms with Crippen molar-refractivity contribution < 1.29 is 4.79 Å². The molecule has 0 aliphatic carbocycles. The fourth-order valence-corrected chi connectivity index (χ4v) is 3.04. The van der Waals surface area contributed by atoms with Gasteiger partial charge in [-0.05, 0) is 23.3 Å². The lowest BCUT2D eigenvalue weighted by Gasteiger charge is -2.28. The van der Waals surface area contributed by atoms with E-state index >= 15 is 0 Å². The topological polar surface area (TPSA) is 47.6 Å². The number of halogens is 1. The van der Waals surface area contributed by atoms with E-state index in [1.165, 1.54) is 0 Å². The quantitative estimate of drug-likeness (QED) is 0.538. The van der Waals surface area contributed by atoms with Gasteiger partial charge in [0.1, 0.15) is 0 Å². The number of benzene rings is 3. The summed E-state index contributed by atoms with van der Waals surface area (Å²) in [5, 5.41) is 1.56. The van der Waals surface area contributed by atoms with Crippen LogP contribution in [0.1, 0.15) is 11.1 Å². The molecule has 1 aliphatic rings. The molecule has 138 valence electrons. The Kier molecular flexibility index (Phi) is 6.31. The minimum Gasteiger partial charge on any atom is -0.315 e. The molecule has 6 heteroatoms. The number of anilines is 2. The third-order valence-electron chi connectivity index (χ3n) is 4.34. The third-order valence-corrected chi connectivity index (χ3v) is 4.34. The van der Waals surface area contributed by atoms with Crippen LogP contribution in [-0.2, 0) is 13.1 Å². The number of hydrazine groups is 2. The van der Waals surface area contributed by atoms with Gasteiger partial charge in [-0.15, -0.1) is 29.5 Å². The third kappa shape index (κ3) is 4.40. The number of nitrogens with one attached hydrogen (secondary N) is 2. The molecule has 0 aromatic heterocycles. The number of hydrogen-bond acceptors (Lipinski definition) is 3. The van der Waals surface area contributed by atoms with Crippen molar-refractivity contribution >= 4 is 41.4 Å². The smallest absolute Gasteiger partial charge is 0.315 e. The van der Waals surface area contributed by atoms with Gasteiger partial charge in [0.2, 0.25) is 0 Å². The molecular weight excluding hydrogens is 451 g/mol. The molecular formula is C21H21IN4O. The van der Waals surface area contributed by atoms with Gasteiger partial charge in [-0.3, -0.25) is 0 Å². The monoisotopic (exact) mass is 472 g/mol. The normalized spacial score (nSPS) is 11.9. The molecule has 0 bridgehead atoms. The van der Waals surface area contributed by atoms with Gasteiger partial charge < -0.3 is 10.3 Å². The fraction of sp³-hybridized carbons (Fsp3) is 0.0952. The van der Waals surface area contributed by atoms with Crippen molar-refractivity contribution in [2.45, 2.75) is 13.1 Å². The van der Waals surface area contributed by atoms with Gasteiger partial charge in [0.15, 0.2) is 0 Å². The molecule has 2 N–H and O–H groups in total. The molecule has 5 nitrogen and oxygen atoms in total. The Labute approximate surface area is 175 Å². The van der Waals surface area contributed by atoms with E-state index < -0.39 is 0 Å². The Morgan fingerprint density at radius 3 is 1.89 bits per heavy atom. The van der Waals surface area contributed by atoms with E-state index in [4.69, 9.17) is 0 Å². The molecule has 0 atom stereocenters. The molecule has 0 saturated heterocycles. The minimum absolute atomic E-state index is 0. The number of rotatable bonds is 4. The van der Waals surface area contributed by atoms with Gasteiger partial charge in [0.25, 0.3) is 0 Å². The highest BCUT2D eigenvalue weighted by molar-refractivity contribution is 14.0. The average molecular weight is 472 g/mol. The van der Waals surface area contributed by atoms with E-state index in [0.717, 1.165) is 22.5 Å². The number of carbonyl (C=O) groups excluding carboxylic acids is 1. The summed E-state index contributed by atoms with van der Waals surface area (Å²) >= 11 is 0. The van der Waals surface area contributed by atoms with Crippen LogP contribution in [0.15, 0.2) is 84.9 Å². The van der Waals surface area contributed by atoms with Crippen molar-refractivity contribution in [2.75, 3.05) is 10.4 Å². The number of carbonyl (C=O) groups is 1. The highest BCUT2D eigenvalue weighted by atomic mass is 127. The van der Waals surface area contributed by atoms with Crippen molar-refractivity contribution in [1.82, 2.24) is 10.4 Å². The summed E-state index contributed by atoms with van der Waals surface area (Å²) in [5.41, 5.74) is 9.91. The maximum atomic E-state index is 13.3. The second-order valence-corrected chi connectivity index (χ2v) is 6.20. The Morgan fingerprint density at radius 1 is 0.778 bits per heavy atom. The van der Waals surface area contributed by atoms with Gasteiger partial charge in [-0.25, -0.2) is 9.80 Å². The van der Waals surface area contributed by atoms with Crippen molar-refractivity contribution in [1.29, 1.82) is 0 Å². The van der Waals surface area contributed by atoms with E-state index in [9.17, 15) is 4.79 Å². The van der Waals surface area contributed by atoms with Crippen molar-refractivity contribution in [2.24, 2.45) is 0 Å². The fourth-order valence-electron chi connectivity index (χ4n) is 3.04. The molecule has 27 heavy (non-hydrogen) atoms. The Morgan fingerprint density at radius 2 is 1.30 bits per heavy atom. The zero-order valence-corrected chi connectivity index (χ0v) is 17.0.